The highest BCUT2D eigenvalue weighted by atomic mass is 35.5. The van der Waals surface area contributed by atoms with E-state index in [1.807, 2.05) is 30.3 Å². The summed E-state index contributed by atoms with van der Waals surface area (Å²) in [5.74, 6) is 0.0479. The zero-order chi connectivity index (χ0) is 12.1. The molecule has 17 heavy (non-hydrogen) atoms. The van der Waals surface area contributed by atoms with Crippen LogP contribution in [0.15, 0.2) is 48.5 Å². The molecule has 2 aromatic rings. The Morgan fingerprint density at radius 1 is 1.06 bits per heavy atom. The molecule has 0 radical (unpaired) electrons. The van der Waals surface area contributed by atoms with E-state index in [1.165, 1.54) is 23.8 Å². The fourth-order valence-electron chi connectivity index (χ4n) is 1.51. The van der Waals surface area contributed by atoms with E-state index in [0.29, 0.717) is 17.4 Å². The predicted octanol–water partition coefficient (Wildman–Crippen LogP) is 4.10. The van der Waals surface area contributed by atoms with Gasteiger partial charge >= 0.3 is 0 Å². The molecular weight excluding hydrogens is 239 g/mol. The molecule has 0 spiro atoms. The van der Waals surface area contributed by atoms with Crippen LogP contribution in [0.5, 0.6) is 5.75 Å². The molecule has 0 atom stereocenters. The molecule has 0 fully saturated rings. The Balaban J connectivity index is 1.92. The Kier molecular flexibility index (Phi) is 3.99. The molecular formula is C14H12ClFO. The summed E-state index contributed by atoms with van der Waals surface area (Å²) in [5, 5.41) is 0.430. The van der Waals surface area contributed by atoms with Crippen molar-refractivity contribution in [3.63, 3.8) is 0 Å². The molecule has 2 aromatic carbocycles. The molecule has 1 nitrogen and oxygen atoms in total. The average Bonchev–Trinajstić information content (AvgIpc) is 2.35. The first-order valence-corrected chi connectivity index (χ1v) is 5.75. The van der Waals surface area contributed by atoms with Gasteiger partial charge in [-0.15, -0.1) is 0 Å². The second-order valence-electron chi connectivity index (χ2n) is 3.66. The van der Waals surface area contributed by atoms with Crippen molar-refractivity contribution in [1.82, 2.24) is 0 Å². The Labute approximate surface area is 105 Å². The van der Waals surface area contributed by atoms with Crippen LogP contribution < -0.4 is 4.74 Å². The number of hydrogen-bond donors (Lipinski definition) is 0. The van der Waals surface area contributed by atoms with Crippen LogP contribution in [-0.2, 0) is 6.42 Å². The lowest BCUT2D eigenvalue weighted by Gasteiger charge is -2.07. The Morgan fingerprint density at radius 3 is 2.59 bits per heavy atom. The van der Waals surface area contributed by atoms with E-state index in [-0.39, 0.29) is 5.82 Å². The van der Waals surface area contributed by atoms with Gasteiger partial charge in [0.1, 0.15) is 11.6 Å². The first-order valence-electron chi connectivity index (χ1n) is 5.37. The maximum Gasteiger partial charge on any atom is 0.140 e. The third-order valence-corrected chi connectivity index (χ3v) is 2.70. The van der Waals surface area contributed by atoms with Crippen LogP contribution in [-0.4, -0.2) is 6.61 Å². The van der Waals surface area contributed by atoms with E-state index in [1.54, 1.807) is 0 Å². The number of halogens is 2. The summed E-state index contributed by atoms with van der Waals surface area (Å²) < 4.78 is 18.4. The first kappa shape index (κ1) is 11.9. The second-order valence-corrected chi connectivity index (χ2v) is 4.07. The Bertz CT molecular complexity index is 485. The molecule has 2 rings (SSSR count). The zero-order valence-electron chi connectivity index (χ0n) is 9.20. The number of ether oxygens (including phenoxy) is 1. The summed E-state index contributed by atoms with van der Waals surface area (Å²) in [6.07, 6.45) is 0.772. The van der Waals surface area contributed by atoms with Crippen LogP contribution in [0.25, 0.3) is 0 Å². The SMILES string of the molecule is Fc1ccc(Cl)c(OCCc2ccccc2)c1. The zero-order valence-corrected chi connectivity index (χ0v) is 9.95. The van der Waals surface area contributed by atoms with Gasteiger partial charge in [-0.1, -0.05) is 41.9 Å². The minimum Gasteiger partial charge on any atom is -0.492 e. The van der Waals surface area contributed by atoms with Gasteiger partial charge in [-0.25, -0.2) is 4.39 Å². The van der Waals surface area contributed by atoms with E-state index < -0.39 is 0 Å². The first-order chi connectivity index (χ1) is 8.25. The molecule has 0 aliphatic rings. The summed E-state index contributed by atoms with van der Waals surface area (Å²) in [4.78, 5) is 0. The van der Waals surface area contributed by atoms with Crippen molar-refractivity contribution in [2.24, 2.45) is 0 Å². The molecule has 0 saturated heterocycles. The molecule has 0 amide bonds. The van der Waals surface area contributed by atoms with E-state index in [9.17, 15) is 4.39 Å². The topological polar surface area (TPSA) is 9.23 Å². The number of hydrogen-bond acceptors (Lipinski definition) is 1. The van der Waals surface area contributed by atoms with Crippen LogP contribution in [0.1, 0.15) is 5.56 Å². The Hall–Kier alpha value is -1.54. The summed E-state index contributed by atoms with van der Waals surface area (Å²) >= 11 is 5.89. The molecule has 3 heteroatoms. The number of benzene rings is 2. The maximum atomic E-state index is 13.0. The van der Waals surface area contributed by atoms with Gasteiger partial charge in [0.15, 0.2) is 0 Å². The molecule has 0 saturated carbocycles. The van der Waals surface area contributed by atoms with E-state index >= 15 is 0 Å². The fraction of sp³-hybridized carbons (Fsp3) is 0.143. The maximum absolute atomic E-state index is 13.0. The molecule has 0 unspecified atom stereocenters. The summed E-state index contributed by atoms with van der Waals surface area (Å²) in [6.45, 7) is 0.479. The minimum atomic E-state index is -0.343. The van der Waals surface area contributed by atoms with Crippen molar-refractivity contribution in [1.29, 1.82) is 0 Å². The lowest BCUT2D eigenvalue weighted by molar-refractivity contribution is 0.320. The number of rotatable bonds is 4. The molecule has 0 aliphatic carbocycles. The van der Waals surface area contributed by atoms with E-state index in [2.05, 4.69) is 0 Å². The largest absolute Gasteiger partial charge is 0.492 e. The van der Waals surface area contributed by atoms with Gasteiger partial charge in [0.25, 0.3) is 0 Å². The van der Waals surface area contributed by atoms with Gasteiger partial charge in [-0.2, -0.15) is 0 Å². The van der Waals surface area contributed by atoms with E-state index in [4.69, 9.17) is 16.3 Å². The fourth-order valence-corrected chi connectivity index (χ4v) is 1.68. The van der Waals surface area contributed by atoms with Crippen molar-refractivity contribution < 1.29 is 9.13 Å². The molecule has 0 bridgehead atoms. The van der Waals surface area contributed by atoms with Crippen molar-refractivity contribution in [2.75, 3.05) is 6.61 Å². The smallest absolute Gasteiger partial charge is 0.140 e. The van der Waals surface area contributed by atoms with Gasteiger partial charge in [0.05, 0.1) is 11.6 Å². The van der Waals surface area contributed by atoms with Crippen molar-refractivity contribution in [3.05, 3.63) is 64.9 Å². The van der Waals surface area contributed by atoms with Crippen molar-refractivity contribution >= 4 is 11.6 Å². The second kappa shape index (κ2) is 5.69. The third-order valence-electron chi connectivity index (χ3n) is 2.38. The standard InChI is InChI=1S/C14H12ClFO/c15-13-7-6-12(16)10-14(13)17-9-8-11-4-2-1-3-5-11/h1-7,10H,8-9H2. The van der Waals surface area contributed by atoms with Gasteiger partial charge < -0.3 is 4.74 Å². The highest BCUT2D eigenvalue weighted by Crippen LogP contribution is 2.24. The third kappa shape index (κ3) is 3.46. The Morgan fingerprint density at radius 2 is 1.82 bits per heavy atom. The van der Waals surface area contributed by atoms with Gasteiger partial charge in [0.2, 0.25) is 0 Å². The van der Waals surface area contributed by atoms with Crippen LogP contribution in [0, 0.1) is 5.82 Å². The predicted molar refractivity (Wildman–Crippen MR) is 67.1 cm³/mol. The van der Waals surface area contributed by atoms with Crippen LogP contribution in [0.3, 0.4) is 0 Å². The summed E-state index contributed by atoms with van der Waals surface area (Å²) in [7, 11) is 0. The average molecular weight is 251 g/mol. The molecule has 0 heterocycles. The van der Waals surface area contributed by atoms with Crippen LogP contribution >= 0.6 is 11.6 Å². The van der Waals surface area contributed by atoms with Gasteiger partial charge in [-0.3, -0.25) is 0 Å². The monoisotopic (exact) mass is 250 g/mol. The molecule has 88 valence electrons. The molecule has 0 aliphatic heterocycles. The summed E-state index contributed by atoms with van der Waals surface area (Å²) in [6, 6.07) is 14.1. The normalized spacial score (nSPS) is 10.2. The van der Waals surface area contributed by atoms with Gasteiger partial charge in [0, 0.05) is 12.5 Å². The highest BCUT2D eigenvalue weighted by molar-refractivity contribution is 6.32. The van der Waals surface area contributed by atoms with Crippen LogP contribution in [0.2, 0.25) is 5.02 Å². The molecule has 0 N–H and O–H groups in total. The van der Waals surface area contributed by atoms with Crippen molar-refractivity contribution in [3.8, 4) is 5.75 Å². The quantitative estimate of drug-likeness (QED) is 0.794. The van der Waals surface area contributed by atoms with Crippen LogP contribution in [0.4, 0.5) is 4.39 Å². The highest BCUT2D eigenvalue weighted by Gasteiger charge is 2.03. The van der Waals surface area contributed by atoms with Crippen molar-refractivity contribution in [2.45, 2.75) is 6.42 Å². The lowest BCUT2D eigenvalue weighted by atomic mass is 10.2. The minimum absolute atomic E-state index is 0.343. The van der Waals surface area contributed by atoms with E-state index in [0.717, 1.165) is 6.42 Å². The molecule has 0 aromatic heterocycles. The van der Waals surface area contributed by atoms with Gasteiger partial charge in [-0.05, 0) is 17.7 Å². The lowest BCUT2D eigenvalue weighted by Crippen LogP contribution is -2.01. The summed E-state index contributed by atoms with van der Waals surface area (Å²) in [5.41, 5.74) is 1.18.